The number of aromatic amines is 2. The lowest BCUT2D eigenvalue weighted by Crippen LogP contribution is -1.87. The molecule has 0 atom stereocenters. The molecule has 2 aromatic heterocycles. The maximum absolute atomic E-state index is 5.12. The molecule has 0 bridgehead atoms. The number of nitrogens with zero attached hydrogens (tertiary/aromatic N) is 1. The molecule has 0 unspecified atom stereocenters. The number of pyridine rings is 1. The minimum atomic E-state index is 0.714. The first-order valence-corrected chi connectivity index (χ1v) is 4.27. The van der Waals surface area contributed by atoms with E-state index in [1.165, 1.54) is 0 Å². The lowest BCUT2D eigenvalue weighted by Gasteiger charge is -1.96. The molecule has 2 aromatic rings. The van der Waals surface area contributed by atoms with Gasteiger partial charge in [0.05, 0.1) is 11.8 Å². The Labute approximate surface area is 74.9 Å². The molecule has 62 valence electrons. The molecule has 0 aliphatic heterocycles. The highest BCUT2D eigenvalue weighted by molar-refractivity contribution is 7.71. The summed E-state index contributed by atoms with van der Waals surface area (Å²) in [6, 6.07) is 2.04. The van der Waals surface area contributed by atoms with E-state index in [0.717, 1.165) is 23.1 Å². The lowest BCUT2D eigenvalue weighted by atomic mass is 10.3. The molecule has 2 rings (SSSR count). The summed E-state index contributed by atoms with van der Waals surface area (Å²) in [5.41, 5.74) is 2.99. The molecule has 0 amide bonds. The number of H-pyrrole nitrogens is 2. The van der Waals surface area contributed by atoms with Crippen LogP contribution >= 0.6 is 12.2 Å². The number of hydrogen-bond acceptors (Lipinski definition) is 2. The number of aryl methyl sites for hydroxylation is 1. The van der Waals surface area contributed by atoms with E-state index in [1.807, 2.05) is 6.07 Å². The van der Waals surface area contributed by atoms with Crippen LogP contribution in [0.15, 0.2) is 12.4 Å². The zero-order valence-electron chi connectivity index (χ0n) is 6.72. The van der Waals surface area contributed by atoms with E-state index in [1.54, 1.807) is 6.33 Å². The predicted octanol–water partition coefficient (Wildman–Crippen LogP) is 2.18. The minimum absolute atomic E-state index is 0.714. The Morgan fingerprint density at radius 2 is 2.42 bits per heavy atom. The van der Waals surface area contributed by atoms with Gasteiger partial charge in [0.15, 0.2) is 0 Å². The van der Waals surface area contributed by atoms with Crippen molar-refractivity contribution in [2.75, 3.05) is 0 Å². The van der Waals surface area contributed by atoms with Gasteiger partial charge in [-0.05, 0) is 12.5 Å². The highest BCUT2D eigenvalue weighted by Gasteiger charge is 1.99. The van der Waals surface area contributed by atoms with Crippen LogP contribution in [0.25, 0.3) is 11.0 Å². The van der Waals surface area contributed by atoms with Gasteiger partial charge in [-0.2, -0.15) is 0 Å². The Bertz CT molecular complexity index is 455. The van der Waals surface area contributed by atoms with Crippen molar-refractivity contribution in [2.45, 2.75) is 13.3 Å². The number of aromatic nitrogens is 3. The highest BCUT2D eigenvalue weighted by Crippen LogP contribution is 2.10. The standard InChI is InChI=1S/C8H9N3S/c1-2-5-3-6-7(8(12)11-5)10-4-9-6/h3-4H,2H2,1H3,(H,9,10)(H,11,12). The smallest absolute Gasteiger partial charge is 0.131 e. The highest BCUT2D eigenvalue weighted by atomic mass is 32.1. The van der Waals surface area contributed by atoms with Crippen molar-refractivity contribution >= 4 is 23.3 Å². The van der Waals surface area contributed by atoms with E-state index in [-0.39, 0.29) is 0 Å². The Morgan fingerprint density at radius 3 is 3.17 bits per heavy atom. The molecular weight excluding hydrogens is 170 g/mol. The van der Waals surface area contributed by atoms with Crippen LogP contribution in [0, 0.1) is 4.64 Å². The van der Waals surface area contributed by atoms with Crippen molar-refractivity contribution in [3.05, 3.63) is 22.7 Å². The third-order valence-electron chi connectivity index (χ3n) is 1.86. The average Bonchev–Trinajstić information content (AvgIpc) is 2.52. The second-order valence-electron chi connectivity index (χ2n) is 2.64. The molecule has 2 N–H and O–H groups in total. The first kappa shape index (κ1) is 7.49. The number of nitrogens with one attached hydrogen (secondary N) is 2. The first-order chi connectivity index (χ1) is 5.81. The second kappa shape index (κ2) is 2.71. The minimum Gasteiger partial charge on any atom is -0.348 e. The maximum atomic E-state index is 5.12. The Morgan fingerprint density at radius 1 is 1.58 bits per heavy atom. The second-order valence-corrected chi connectivity index (χ2v) is 3.05. The molecule has 0 aliphatic carbocycles. The summed E-state index contributed by atoms with van der Waals surface area (Å²) in [4.78, 5) is 10.3. The zero-order chi connectivity index (χ0) is 8.55. The van der Waals surface area contributed by atoms with Crippen molar-refractivity contribution in [1.29, 1.82) is 0 Å². The van der Waals surface area contributed by atoms with Gasteiger partial charge in [-0.25, -0.2) is 4.98 Å². The fourth-order valence-electron chi connectivity index (χ4n) is 1.20. The van der Waals surface area contributed by atoms with Gasteiger partial charge in [0.2, 0.25) is 0 Å². The van der Waals surface area contributed by atoms with Crippen LogP contribution in [0.3, 0.4) is 0 Å². The van der Waals surface area contributed by atoms with Gasteiger partial charge in [-0.15, -0.1) is 0 Å². The fourth-order valence-corrected chi connectivity index (χ4v) is 1.49. The van der Waals surface area contributed by atoms with Crippen LogP contribution in [0.1, 0.15) is 12.6 Å². The molecule has 0 fully saturated rings. The van der Waals surface area contributed by atoms with Gasteiger partial charge in [0.25, 0.3) is 0 Å². The molecule has 0 spiro atoms. The van der Waals surface area contributed by atoms with E-state index >= 15 is 0 Å². The van der Waals surface area contributed by atoms with Crippen molar-refractivity contribution in [3.8, 4) is 0 Å². The third-order valence-corrected chi connectivity index (χ3v) is 2.15. The van der Waals surface area contributed by atoms with Crippen molar-refractivity contribution in [1.82, 2.24) is 15.0 Å². The number of rotatable bonds is 1. The van der Waals surface area contributed by atoms with Crippen LogP contribution in [0.4, 0.5) is 0 Å². The van der Waals surface area contributed by atoms with E-state index in [2.05, 4.69) is 21.9 Å². The van der Waals surface area contributed by atoms with E-state index < -0.39 is 0 Å². The molecule has 0 saturated heterocycles. The number of fused-ring (bicyclic) bond motifs is 1. The molecule has 2 heterocycles. The molecule has 0 aliphatic rings. The molecule has 12 heavy (non-hydrogen) atoms. The fraction of sp³-hybridized carbons (Fsp3) is 0.250. The van der Waals surface area contributed by atoms with E-state index in [4.69, 9.17) is 12.2 Å². The van der Waals surface area contributed by atoms with Crippen LogP contribution in [-0.4, -0.2) is 15.0 Å². The lowest BCUT2D eigenvalue weighted by molar-refractivity contribution is 1.04. The van der Waals surface area contributed by atoms with E-state index in [9.17, 15) is 0 Å². The topological polar surface area (TPSA) is 44.5 Å². The summed E-state index contributed by atoms with van der Waals surface area (Å²) < 4.78 is 0.714. The van der Waals surface area contributed by atoms with Crippen molar-refractivity contribution in [3.63, 3.8) is 0 Å². The molecule has 4 heteroatoms. The van der Waals surface area contributed by atoms with Gasteiger partial charge < -0.3 is 9.97 Å². The van der Waals surface area contributed by atoms with Gasteiger partial charge in [-0.3, -0.25) is 0 Å². The van der Waals surface area contributed by atoms with Crippen LogP contribution in [-0.2, 0) is 6.42 Å². The van der Waals surface area contributed by atoms with Gasteiger partial charge in [-0.1, -0.05) is 19.1 Å². The van der Waals surface area contributed by atoms with Crippen molar-refractivity contribution in [2.24, 2.45) is 0 Å². The Hall–Kier alpha value is -1.16. The molecular formula is C8H9N3S. The monoisotopic (exact) mass is 179 g/mol. The quantitative estimate of drug-likeness (QED) is 0.659. The first-order valence-electron chi connectivity index (χ1n) is 3.86. The zero-order valence-corrected chi connectivity index (χ0v) is 7.53. The normalized spacial score (nSPS) is 10.8. The Kier molecular flexibility index (Phi) is 1.69. The molecule has 0 saturated carbocycles. The molecule has 3 nitrogen and oxygen atoms in total. The maximum Gasteiger partial charge on any atom is 0.131 e. The summed E-state index contributed by atoms with van der Waals surface area (Å²) in [6.45, 7) is 2.09. The van der Waals surface area contributed by atoms with Crippen LogP contribution in [0.2, 0.25) is 0 Å². The van der Waals surface area contributed by atoms with Gasteiger partial charge in [0, 0.05) is 5.69 Å². The van der Waals surface area contributed by atoms with Crippen LogP contribution in [0.5, 0.6) is 0 Å². The third kappa shape index (κ3) is 1.04. The summed E-state index contributed by atoms with van der Waals surface area (Å²) in [7, 11) is 0. The molecule has 0 aromatic carbocycles. The van der Waals surface area contributed by atoms with Crippen LogP contribution < -0.4 is 0 Å². The summed E-state index contributed by atoms with van der Waals surface area (Å²) in [5.74, 6) is 0. The largest absolute Gasteiger partial charge is 0.348 e. The van der Waals surface area contributed by atoms with Gasteiger partial charge in [0.1, 0.15) is 10.2 Å². The number of hydrogen-bond donors (Lipinski definition) is 2. The molecule has 0 radical (unpaired) electrons. The Balaban J connectivity index is 2.84. The average molecular weight is 179 g/mol. The van der Waals surface area contributed by atoms with E-state index in [0.29, 0.717) is 4.64 Å². The SMILES string of the molecule is CCc1cc2[nH]cnc2c(=S)[nH]1. The van der Waals surface area contributed by atoms with Crippen molar-refractivity contribution < 1.29 is 0 Å². The van der Waals surface area contributed by atoms with Gasteiger partial charge >= 0.3 is 0 Å². The summed E-state index contributed by atoms with van der Waals surface area (Å²) in [5, 5.41) is 0. The number of imidazole rings is 1. The summed E-state index contributed by atoms with van der Waals surface area (Å²) >= 11 is 5.12. The predicted molar refractivity (Wildman–Crippen MR) is 50.7 cm³/mol. The summed E-state index contributed by atoms with van der Waals surface area (Å²) in [6.07, 6.45) is 2.62.